The van der Waals surface area contributed by atoms with Crippen molar-refractivity contribution >= 4 is 17.7 Å². The van der Waals surface area contributed by atoms with E-state index in [2.05, 4.69) is 5.32 Å². The van der Waals surface area contributed by atoms with E-state index in [4.69, 9.17) is 0 Å². The maximum absolute atomic E-state index is 13.5. The number of carboxylic acids is 1. The van der Waals surface area contributed by atoms with E-state index in [0.717, 1.165) is 23.1 Å². The quantitative estimate of drug-likeness (QED) is 0.876. The van der Waals surface area contributed by atoms with E-state index in [-0.39, 0.29) is 12.2 Å². The van der Waals surface area contributed by atoms with Gasteiger partial charge < -0.3 is 15.3 Å². The molecule has 1 aliphatic rings. The predicted molar refractivity (Wildman–Crippen MR) is 67.4 cm³/mol. The Balaban J connectivity index is 2.20. The van der Waals surface area contributed by atoms with Crippen LogP contribution in [0.25, 0.3) is 0 Å². The Hall–Kier alpha value is -2.18. The lowest BCUT2D eigenvalue weighted by Gasteiger charge is -2.31. The lowest BCUT2D eigenvalue weighted by atomic mass is 10.00. The summed E-state index contributed by atoms with van der Waals surface area (Å²) in [5, 5.41) is 11.4. The van der Waals surface area contributed by atoms with Crippen LogP contribution >= 0.6 is 0 Å². The number of anilines is 1. The topological polar surface area (TPSA) is 69.6 Å². The van der Waals surface area contributed by atoms with E-state index in [1.165, 1.54) is 6.92 Å². The first-order valence-electron chi connectivity index (χ1n) is 6.11. The van der Waals surface area contributed by atoms with Crippen LogP contribution in [0.2, 0.25) is 0 Å². The molecule has 0 radical (unpaired) electrons. The number of hydrogen-bond acceptors (Lipinski definition) is 2. The second-order valence-corrected chi connectivity index (χ2v) is 4.89. The molecule has 1 unspecified atom stereocenters. The van der Waals surface area contributed by atoms with Crippen molar-refractivity contribution in [3.05, 3.63) is 29.8 Å². The molecule has 1 aromatic carbocycles. The maximum atomic E-state index is 13.5. The number of nitrogens with zero attached hydrogens (tertiary/aromatic N) is 1. The van der Waals surface area contributed by atoms with Gasteiger partial charge in [-0.25, -0.2) is 18.4 Å². The summed E-state index contributed by atoms with van der Waals surface area (Å²) in [5.74, 6) is -2.59. The van der Waals surface area contributed by atoms with Crippen LogP contribution in [0, 0.1) is 11.6 Å². The number of carboxylic acid groups (broad SMARTS) is 1. The van der Waals surface area contributed by atoms with Crippen LogP contribution in [-0.2, 0) is 4.79 Å². The fraction of sp³-hybridized carbons (Fsp3) is 0.385. The Morgan fingerprint density at radius 2 is 2.10 bits per heavy atom. The molecule has 1 fully saturated rings. The molecular formula is C13H14F2N2O3. The minimum Gasteiger partial charge on any atom is -0.480 e. The monoisotopic (exact) mass is 284 g/mol. The number of likely N-dealkylation sites (tertiary alicyclic amines) is 1. The highest BCUT2D eigenvalue weighted by Crippen LogP contribution is 2.30. The van der Waals surface area contributed by atoms with Crippen molar-refractivity contribution in [2.75, 3.05) is 11.9 Å². The Bertz CT molecular complexity index is 565. The van der Waals surface area contributed by atoms with E-state index >= 15 is 0 Å². The van der Waals surface area contributed by atoms with Crippen molar-refractivity contribution in [3.8, 4) is 0 Å². The van der Waals surface area contributed by atoms with Crippen molar-refractivity contribution < 1.29 is 23.5 Å². The van der Waals surface area contributed by atoms with E-state index < -0.39 is 29.2 Å². The molecule has 2 rings (SSSR count). The van der Waals surface area contributed by atoms with Crippen LogP contribution < -0.4 is 5.32 Å². The number of benzene rings is 1. The van der Waals surface area contributed by atoms with Crippen molar-refractivity contribution in [1.29, 1.82) is 0 Å². The van der Waals surface area contributed by atoms with Crippen molar-refractivity contribution in [3.63, 3.8) is 0 Å². The number of halogens is 2. The molecule has 0 aliphatic carbocycles. The van der Waals surface area contributed by atoms with E-state index in [0.29, 0.717) is 12.8 Å². The lowest BCUT2D eigenvalue weighted by molar-refractivity contribution is -0.146. The minimum absolute atomic E-state index is 0.256. The highest BCUT2D eigenvalue weighted by molar-refractivity contribution is 5.94. The van der Waals surface area contributed by atoms with Gasteiger partial charge in [0, 0.05) is 12.6 Å². The number of nitrogens with one attached hydrogen (secondary N) is 1. The Kier molecular flexibility index (Phi) is 3.61. The first-order chi connectivity index (χ1) is 9.34. The van der Waals surface area contributed by atoms with Gasteiger partial charge in [0.15, 0.2) is 0 Å². The first-order valence-corrected chi connectivity index (χ1v) is 6.11. The van der Waals surface area contributed by atoms with Gasteiger partial charge in [0.05, 0.1) is 5.69 Å². The number of amides is 2. The zero-order valence-corrected chi connectivity index (χ0v) is 10.8. The molecule has 0 aromatic heterocycles. The molecular weight excluding hydrogens is 270 g/mol. The summed E-state index contributed by atoms with van der Waals surface area (Å²) in [6, 6.07) is 1.92. The number of rotatable bonds is 2. The third kappa shape index (κ3) is 2.43. The molecule has 7 heteroatoms. The molecule has 0 saturated carbocycles. The second-order valence-electron chi connectivity index (χ2n) is 4.89. The van der Waals surface area contributed by atoms with Crippen molar-refractivity contribution in [1.82, 2.24) is 4.90 Å². The normalized spacial score (nSPS) is 21.9. The second kappa shape index (κ2) is 5.07. The van der Waals surface area contributed by atoms with Gasteiger partial charge in [-0.1, -0.05) is 0 Å². The molecule has 108 valence electrons. The van der Waals surface area contributed by atoms with Crippen molar-refractivity contribution in [2.24, 2.45) is 0 Å². The van der Waals surface area contributed by atoms with Crippen molar-refractivity contribution in [2.45, 2.75) is 25.3 Å². The molecule has 2 amide bonds. The summed E-state index contributed by atoms with van der Waals surface area (Å²) in [6.45, 7) is 1.69. The van der Waals surface area contributed by atoms with Gasteiger partial charge in [0.1, 0.15) is 17.2 Å². The first kappa shape index (κ1) is 14.2. The average Bonchev–Trinajstić information content (AvgIpc) is 2.77. The summed E-state index contributed by atoms with van der Waals surface area (Å²) >= 11 is 0. The molecule has 0 bridgehead atoms. The van der Waals surface area contributed by atoms with Gasteiger partial charge in [-0.05, 0) is 31.9 Å². The highest BCUT2D eigenvalue weighted by atomic mass is 19.1. The zero-order chi connectivity index (χ0) is 14.9. The molecule has 1 aliphatic heterocycles. The van der Waals surface area contributed by atoms with Crippen LogP contribution in [0.1, 0.15) is 19.8 Å². The van der Waals surface area contributed by atoms with E-state index in [9.17, 15) is 23.5 Å². The zero-order valence-electron chi connectivity index (χ0n) is 10.8. The SMILES string of the molecule is CC1(C(=O)O)CCCN1C(=O)Nc1cc(F)ccc1F. The van der Waals surface area contributed by atoms with Crippen LogP contribution in [0.3, 0.4) is 0 Å². The summed E-state index contributed by atoms with van der Waals surface area (Å²) in [4.78, 5) is 24.4. The van der Waals surface area contributed by atoms with Crippen LogP contribution in [0.5, 0.6) is 0 Å². The fourth-order valence-corrected chi connectivity index (χ4v) is 2.29. The van der Waals surface area contributed by atoms with E-state index in [1.54, 1.807) is 0 Å². The van der Waals surface area contributed by atoms with Crippen LogP contribution in [0.4, 0.5) is 19.3 Å². The molecule has 1 saturated heterocycles. The van der Waals surface area contributed by atoms with Gasteiger partial charge in [-0.15, -0.1) is 0 Å². The molecule has 20 heavy (non-hydrogen) atoms. The largest absolute Gasteiger partial charge is 0.480 e. The average molecular weight is 284 g/mol. The van der Waals surface area contributed by atoms with Crippen LogP contribution in [-0.4, -0.2) is 34.1 Å². The third-order valence-electron chi connectivity index (χ3n) is 3.52. The molecule has 1 atom stereocenters. The summed E-state index contributed by atoms with van der Waals surface area (Å²) in [7, 11) is 0. The standard InChI is InChI=1S/C13H14F2N2O3/c1-13(11(18)19)5-2-6-17(13)12(20)16-10-7-8(14)3-4-9(10)15/h3-4,7H,2,5-6H2,1H3,(H,16,20)(H,18,19). The maximum Gasteiger partial charge on any atom is 0.329 e. The predicted octanol–water partition coefficient (Wildman–Crippen LogP) is 2.44. The third-order valence-corrected chi connectivity index (χ3v) is 3.52. The van der Waals surface area contributed by atoms with Gasteiger partial charge in [0.2, 0.25) is 0 Å². The summed E-state index contributed by atoms with van der Waals surface area (Å²) < 4.78 is 26.5. The van der Waals surface area contributed by atoms with Crippen LogP contribution in [0.15, 0.2) is 18.2 Å². The molecule has 0 spiro atoms. The summed E-state index contributed by atoms with van der Waals surface area (Å²) in [6.07, 6.45) is 0.864. The molecule has 1 heterocycles. The van der Waals surface area contributed by atoms with Gasteiger partial charge >= 0.3 is 12.0 Å². The lowest BCUT2D eigenvalue weighted by Crippen LogP contribution is -2.52. The van der Waals surface area contributed by atoms with Gasteiger partial charge in [-0.2, -0.15) is 0 Å². The number of carbonyl (C=O) groups excluding carboxylic acids is 1. The highest BCUT2D eigenvalue weighted by Gasteiger charge is 2.46. The molecule has 2 N–H and O–H groups in total. The number of urea groups is 1. The number of aliphatic carboxylic acids is 1. The molecule has 1 aromatic rings. The minimum atomic E-state index is -1.33. The fourth-order valence-electron chi connectivity index (χ4n) is 2.29. The summed E-state index contributed by atoms with van der Waals surface area (Å²) in [5.41, 5.74) is -1.64. The van der Waals surface area contributed by atoms with Gasteiger partial charge in [0.25, 0.3) is 0 Å². The Morgan fingerprint density at radius 1 is 1.40 bits per heavy atom. The number of hydrogen-bond donors (Lipinski definition) is 2. The Labute approximate surface area is 114 Å². The Morgan fingerprint density at radius 3 is 2.75 bits per heavy atom. The van der Waals surface area contributed by atoms with Gasteiger partial charge in [-0.3, -0.25) is 0 Å². The number of carbonyl (C=O) groups is 2. The molecule has 5 nitrogen and oxygen atoms in total. The van der Waals surface area contributed by atoms with E-state index in [1.807, 2.05) is 0 Å². The smallest absolute Gasteiger partial charge is 0.329 e.